The van der Waals surface area contributed by atoms with Gasteiger partial charge in [0.15, 0.2) is 0 Å². The molecule has 0 N–H and O–H groups in total. The summed E-state index contributed by atoms with van der Waals surface area (Å²) < 4.78 is 6.69. The lowest BCUT2D eigenvalue weighted by Gasteiger charge is -2.04. The van der Waals surface area contributed by atoms with Crippen LogP contribution in [0.4, 0.5) is 0 Å². The molecule has 2 rings (SSSR count). The first-order valence-electron chi connectivity index (χ1n) is 3.91. The van der Waals surface area contributed by atoms with Crippen LogP contribution in [0.3, 0.4) is 0 Å². The molecule has 3 nitrogen and oxygen atoms in total. The molecule has 0 fully saturated rings. The fraction of sp³-hybridized carbons (Fsp3) is 0.222. The number of nitrogens with zero attached hydrogens (tertiary/aromatic N) is 2. The second kappa shape index (κ2) is 2.92. The van der Waals surface area contributed by atoms with Crippen molar-refractivity contribution < 1.29 is 4.74 Å². The molecule has 0 saturated heterocycles. The molecule has 0 aliphatic rings. The van der Waals surface area contributed by atoms with Gasteiger partial charge in [0.05, 0.1) is 12.6 Å². The van der Waals surface area contributed by atoms with E-state index in [1.165, 1.54) is 4.09 Å². The Morgan fingerprint density at radius 1 is 1.46 bits per heavy atom. The number of methoxy groups -OCH3 is 1. The molecule has 1 aromatic heterocycles. The third-order valence-corrected chi connectivity index (χ3v) is 2.30. The second-order valence-corrected chi connectivity index (χ2v) is 3.20. The van der Waals surface area contributed by atoms with Crippen LogP contribution < -0.4 is 4.74 Å². The van der Waals surface area contributed by atoms with Crippen molar-refractivity contribution in [1.29, 1.82) is 0 Å². The minimum Gasteiger partial charge on any atom is -0.494 e. The molecule has 68 valence electrons. The Kier molecular flexibility index (Phi) is 1.88. The predicted molar refractivity (Wildman–Crippen MR) is 52.3 cm³/mol. The molecule has 1 heterocycles. The van der Waals surface area contributed by atoms with E-state index in [4.69, 9.17) is 16.5 Å². The Morgan fingerprint density at radius 2 is 2.23 bits per heavy atom. The number of halogens is 1. The van der Waals surface area contributed by atoms with E-state index in [0.29, 0.717) is 0 Å². The van der Waals surface area contributed by atoms with Gasteiger partial charge in [-0.3, -0.25) is 0 Å². The van der Waals surface area contributed by atoms with Crippen molar-refractivity contribution in [3.8, 4) is 5.75 Å². The van der Waals surface area contributed by atoms with Gasteiger partial charge in [-0.2, -0.15) is 0 Å². The first-order valence-corrected chi connectivity index (χ1v) is 4.24. The lowest BCUT2D eigenvalue weighted by molar-refractivity contribution is 0.416. The summed E-state index contributed by atoms with van der Waals surface area (Å²) in [6, 6.07) is 3.88. The molecule has 4 heteroatoms. The van der Waals surface area contributed by atoms with E-state index in [9.17, 15) is 0 Å². The molecule has 0 aliphatic heterocycles. The molecule has 0 unspecified atom stereocenters. The average Bonchev–Trinajstić information content (AvgIpc) is 2.48. The van der Waals surface area contributed by atoms with E-state index >= 15 is 0 Å². The maximum Gasteiger partial charge on any atom is 0.149 e. The summed E-state index contributed by atoms with van der Waals surface area (Å²) in [6.45, 7) is 1.98. The molecule has 1 aromatic carbocycles. The van der Waals surface area contributed by atoms with Gasteiger partial charge in [0.2, 0.25) is 0 Å². The van der Waals surface area contributed by atoms with Crippen molar-refractivity contribution in [3.05, 3.63) is 24.0 Å². The van der Waals surface area contributed by atoms with E-state index in [1.54, 1.807) is 13.4 Å². The molecular weight excluding hydrogens is 188 g/mol. The van der Waals surface area contributed by atoms with Crippen molar-refractivity contribution in [1.82, 2.24) is 9.07 Å². The number of rotatable bonds is 1. The maximum atomic E-state index is 5.85. The largest absolute Gasteiger partial charge is 0.494 e. The second-order valence-electron chi connectivity index (χ2n) is 2.84. The number of hydrogen-bond donors (Lipinski definition) is 0. The quantitative estimate of drug-likeness (QED) is 0.700. The highest BCUT2D eigenvalue weighted by Crippen LogP contribution is 2.28. The van der Waals surface area contributed by atoms with Gasteiger partial charge in [0.25, 0.3) is 0 Å². The highest BCUT2D eigenvalue weighted by atomic mass is 35.5. The van der Waals surface area contributed by atoms with Crippen LogP contribution in [0.5, 0.6) is 5.75 Å². The van der Waals surface area contributed by atoms with Crippen LogP contribution in [-0.2, 0) is 0 Å². The van der Waals surface area contributed by atoms with Gasteiger partial charge in [-0.1, -0.05) is 6.07 Å². The lowest BCUT2D eigenvalue weighted by atomic mass is 10.2. The Bertz CT molecular complexity index is 450. The van der Waals surface area contributed by atoms with E-state index in [0.717, 1.165) is 22.3 Å². The van der Waals surface area contributed by atoms with E-state index in [2.05, 4.69) is 4.98 Å². The van der Waals surface area contributed by atoms with Gasteiger partial charge >= 0.3 is 0 Å². The van der Waals surface area contributed by atoms with Crippen molar-refractivity contribution in [2.75, 3.05) is 7.11 Å². The number of imidazole rings is 1. The number of hydrogen-bond acceptors (Lipinski definition) is 2. The Morgan fingerprint density at radius 3 is 2.92 bits per heavy atom. The van der Waals surface area contributed by atoms with E-state index in [1.807, 2.05) is 19.1 Å². The number of benzene rings is 1. The Hall–Kier alpha value is -1.22. The van der Waals surface area contributed by atoms with Crippen LogP contribution in [0.1, 0.15) is 5.56 Å². The van der Waals surface area contributed by atoms with Gasteiger partial charge in [-0.05, 0) is 18.6 Å². The lowest BCUT2D eigenvalue weighted by Crippen LogP contribution is -1.88. The molecule has 0 aliphatic carbocycles. The van der Waals surface area contributed by atoms with Gasteiger partial charge < -0.3 is 4.74 Å². The van der Waals surface area contributed by atoms with Crippen LogP contribution in [0.2, 0.25) is 0 Å². The fourth-order valence-corrected chi connectivity index (χ4v) is 1.57. The molecule has 0 atom stereocenters. The summed E-state index contributed by atoms with van der Waals surface area (Å²) in [7, 11) is 1.63. The van der Waals surface area contributed by atoms with Crippen LogP contribution in [0.25, 0.3) is 11.0 Å². The predicted octanol–water partition coefficient (Wildman–Crippen LogP) is 2.36. The Labute approximate surface area is 81.0 Å². The molecule has 2 aromatic rings. The number of ether oxygens (including phenoxy) is 1. The maximum absolute atomic E-state index is 5.85. The van der Waals surface area contributed by atoms with Crippen molar-refractivity contribution in [3.63, 3.8) is 0 Å². The van der Waals surface area contributed by atoms with Crippen LogP contribution in [0.15, 0.2) is 18.5 Å². The van der Waals surface area contributed by atoms with Gasteiger partial charge in [0, 0.05) is 11.8 Å². The summed E-state index contributed by atoms with van der Waals surface area (Å²) in [5.74, 6) is 0.789. The average molecular weight is 197 g/mol. The van der Waals surface area contributed by atoms with Crippen LogP contribution >= 0.6 is 11.8 Å². The molecular formula is C9H9ClN2O. The highest BCUT2D eigenvalue weighted by molar-refractivity contribution is 6.18. The standard InChI is InChI=1S/C9H9ClN2O/c1-6-3-4-7-8(9(6)13-2)11-5-12(7)10/h3-5H,1-2H3. The summed E-state index contributed by atoms with van der Waals surface area (Å²) in [6.07, 6.45) is 1.56. The zero-order valence-electron chi connectivity index (χ0n) is 7.41. The minimum absolute atomic E-state index is 0.789. The molecule has 0 bridgehead atoms. The summed E-state index contributed by atoms with van der Waals surface area (Å²) in [5, 5.41) is 0. The molecule has 0 amide bonds. The topological polar surface area (TPSA) is 27.1 Å². The summed E-state index contributed by atoms with van der Waals surface area (Å²) in [4.78, 5) is 4.16. The molecule has 13 heavy (non-hydrogen) atoms. The first-order chi connectivity index (χ1) is 6.24. The third kappa shape index (κ3) is 1.16. The third-order valence-electron chi connectivity index (χ3n) is 2.03. The zero-order chi connectivity index (χ0) is 9.42. The minimum atomic E-state index is 0.789. The highest BCUT2D eigenvalue weighted by Gasteiger charge is 2.08. The zero-order valence-corrected chi connectivity index (χ0v) is 8.17. The summed E-state index contributed by atoms with van der Waals surface area (Å²) >= 11 is 5.85. The number of aryl methyl sites for hydroxylation is 1. The van der Waals surface area contributed by atoms with Crippen LogP contribution in [-0.4, -0.2) is 16.2 Å². The molecule has 0 spiro atoms. The van der Waals surface area contributed by atoms with Crippen molar-refractivity contribution >= 4 is 22.8 Å². The Balaban J connectivity index is 2.85. The molecule has 0 radical (unpaired) electrons. The number of fused-ring (bicyclic) bond motifs is 1. The van der Waals surface area contributed by atoms with Gasteiger partial charge in [0.1, 0.15) is 17.6 Å². The van der Waals surface area contributed by atoms with Crippen molar-refractivity contribution in [2.45, 2.75) is 6.92 Å². The van der Waals surface area contributed by atoms with Gasteiger partial charge in [-0.15, -0.1) is 0 Å². The monoisotopic (exact) mass is 196 g/mol. The summed E-state index contributed by atoms with van der Waals surface area (Å²) in [5.41, 5.74) is 2.73. The van der Waals surface area contributed by atoms with Crippen LogP contribution in [0, 0.1) is 6.92 Å². The normalized spacial score (nSPS) is 10.7. The van der Waals surface area contributed by atoms with E-state index in [-0.39, 0.29) is 0 Å². The van der Waals surface area contributed by atoms with Crippen molar-refractivity contribution in [2.24, 2.45) is 0 Å². The SMILES string of the molecule is COc1c(C)ccc2c1ncn2Cl. The van der Waals surface area contributed by atoms with E-state index < -0.39 is 0 Å². The van der Waals surface area contributed by atoms with Gasteiger partial charge in [-0.25, -0.2) is 9.07 Å². The fourth-order valence-electron chi connectivity index (χ4n) is 1.39. The smallest absolute Gasteiger partial charge is 0.149 e. The number of aromatic nitrogens is 2. The first kappa shape index (κ1) is 8.38. The molecule has 0 saturated carbocycles.